The van der Waals surface area contributed by atoms with Gasteiger partial charge in [-0.05, 0) is 19.1 Å². The number of nitrogen functional groups attached to an aromatic ring is 1. The van der Waals surface area contributed by atoms with Crippen LogP contribution in [0.3, 0.4) is 0 Å². The zero-order chi connectivity index (χ0) is 12.8. The number of para-hydroxylation sites is 1. The van der Waals surface area contributed by atoms with Gasteiger partial charge >= 0.3 is 5.97 Å². The fourth-order valence-corrected chi connectivity index (χ4v) is 1.41. The number of carbonyl (C=O) groups is 2. The quantitative estimate of drug-likeness (QED) is 0.663. The highest BCUT2D eigenvalue weighted by atomic mass is 35.5. The molecule has 0 bridgehead atoms. The zero-order valence-corrected chi connectivity index (χ0v) is 11.2. The topological polar surface area (TPSA) is 72.6 Å². The minimum atomic E-state index is -0.449. The van der Waals surface area contributed by atoms with Crippen molar-refractivity contribution >= 4 is 30.0 Å². The van der Waals surface area contributed by atoms with E-state index in [-0.39, 0.29) is 24.9 Å². The molecule has 0 aliphatic rings. The van der Waals surface area contributed by atoms with Crippen LogP contribution in [0.4, 0.5) is 5.69 Å². The van der Waals surface area contributed by atoms with Crippen molar-refractivity contribution in [3.8, 4) is 0 Å². The molecule has 0 aromatic heterocycles. The number of carbonyl (C=O) groups excluding carboxylic acids is 2. The lowest BCUT2D eigenvalue weighted by Gasteiger charge is -2.20. The Morgan fingerprint density at radius 2 is 1.94 bits per heavy atom. The Morgan fingerprint density at radius 1 is 1.33 bits per heavy atom. The molecule has 0 aliphatic carbocycles. The molecule has 6 heteroatoms. The number of methoxy groups -OCH3 is 1. The number of ether oxygens (including phenoxy) is 1. The van der Waals surface area contributed by atoms with E-state index in [1.54, 1.807) is 31.2 Å². The first-order valence-electron chi connectivity index (χ1n) is 5.30. The number of nitrogens with zero attached hydrogens (tertiary/aromatic N) is 1. The third-order valence-electron chi connectivity index (χ3n) is 2.41. The fourth-order valence-electron chi connectivity index (χ4n) is 1.41. The lowest BCUT2D eigenvalue weighted by atomic mass is 10.1. The van der Waals surface area contributed by atoms with E-state index >= 15 is 0 Å². The zero-order valence-electron chi connectivity index (χ0n) is 10.4. The third-order valence-corrected chi connectivity index (χ3v) is 2.41. The van der Waals surface area contributed by atoms with Crippen LogP contribution in [0.1, 0.15) is 17.3 Å². The van der Waals surface area contributed by atoms with Gasteiger partial charge in [-0.15, -0.1) is 12.4 Å². The molecule has 0 atom stereocenters. The predicted molar refractivity (Wildman–Crippen MR) is 71.7 cm³/mol. The molecule has 1 aromatic rings. The molecule has 0 heterocycles. The molecule has 0 spiro atoms. The second-order valence-corrected chi connectivity index (χ2v) is 3.48. The summed E-state index contributed by atoms with van der Waals surface area (Å²) in [6.45, 7) is 2.14. The number of benzene rings is 1. The van der Waals surface area contributed by atoms with Gasteiger partial charge in [0.25, 0.3) is 5.91 Å². The maximum absolute atomic E-state index is 12.1. The van der Waals surface area contributed by atoms with Crippen LogP contribution in [-0.4, -0.2) is 37.0 Å². The number of nitrogens with two attached hydrogens (primary N) is 1. The number of hydrogen-bond acceptors (Lipinski definition) is 4. The number of esters is 1. The van der Waals surface area contributed by atoms with Crippen LogP contribution in [0.5, 0.6) is 0 Å². The second kappa shape index (κ2) is 7.55. The van der Waals surface area contributed by atoms with Crippen LogP contribution in [0.2, 0.25) is 0 Å². The Labute approximate surface area is 112 Å². The second-order valence-electron chi connectivity index (χ2n) is 3.48. The Kier molecular flexibility index (Phi) is 6.82. The van der Waals surface area contributed by atoms with Gasteiger partial charge in [-0.3, -0.25) is 9.59 Å². The Bertz CT molecular complexity index is 424. The molecule has 5 nitrogen and oxygen atoms in total. The van der Waals surface area contributed by atoms with Gasteiger partial charge in [0, 0.05) is 12.2 Å². The van der Waals surface area contributed by atoms with Crippen molar-refractivity contribution in [1.29, 1.82) is 0 Å². The van der Waals surface area contributed by atoms with Crippen LogP contribution in [0.25, 0.3) is 0 Å². The molecule has 100 valence electrons. The smallest absolute Gasteiger partial charge is 0.325 e. The van der Waals surface area contributed by atoms with Crippen LogP contribution < -0.4 is 5.73 Å². The third kappa shape index (κ3) is 3.92. The normalized spacial score (nSPS) is 9.22. The van der Waals surface area contributed by atoms with Crippen LogP contribution in [0.15, 0.2) is 24.3 Å². The van der Waals surface area contributed by atoms with Crippen molar-refractivity contribution in [2.24, 2.45) is 0 Å². The van der Waals surface area contributed by atoms with E-state index in [1.807, 2.05) is 0 Å². The first-order chi connectivity index (χ1) is 8.10. The molecule has 0 fully saturated rings. The summed E-state index contributed by atoms with van der Waals surface area (Å²) >= 11 is 0. The van der Waals surface area contributed by atoms with E-state index in [0.717, 1.165) is 0 Å². The van der Waals surface area contributed by atoms with Crippen LogP contribution in [0, 0.1) is 0 Å². The van der Waals surface area contributed by atoms with Gasteiger partial charge in [0.1, 0.15) is 6.54 Å². The molecule has 1 aromatic carbocycles. The summed E-state index contributed by atoms with van der Waals surface area (Å²) in [5.74, 6) is -0.717. The first kappa shape index (κ1) is 16.2. The highest BCUT2D eigenvalue weighted by Gasteiger charge is 2.19. The molecule has 0 aliphatic heterocycles. The first-order valence-corrected chi connectivity index (χ1v) is 5.30. The summed E-state index contributed by atoms with van der Waals surface area (Å²) in [7, 11) is 1.29. The molecular formula is C12H17ClN2O3. The summed E-state index contributed by atoms with van der Waals surface area (Å²) in [6, 6.07) is 6.77. The van der Waals surface area contributed by atoms with E-state index in [2.05, 4.69) is 4.74 Å². The minimum Gasteiger partial charge on any atom is -0.468 e. The molecule has 2 N–H and O–H groups in total. The lowest BCUT2D eigenvalue weighted by molar-refractivity contribution is -0.141. The molecule has 1 rings (SSSR count). The van der Waals surface area contributed by atoms with Gasteiger partial charge in [0.2, 0.25) is 0 Å². The Hall–Kier alpha value is -1.75. The monoisotopic (exact) mass is 272 g/mol. The molecule has 0 radical (unpaired) electrons. The van der Waals surface area contributed by atoms with Crippen molar-refractivity contribution in [3.63, 3.8) is 0 Å². The Balaban J connectivity index is 0.00000289. The molecule has 0 saturated heterocycles. The van der Waals surface area contributed by atoms with Gasteiger partial charge in [-0.25, -0.2) is 0 Å². The van der Waals surface area contributed by atoms with Crippen LogP contribution in [-0.2, 0) is 9.53 Å². The fraction of sp³-hybridized carbons (Fsp3) is 0.333. The number of rotatable bonds is 4. The maximum Gasteiger partial charge on any atom is 0.325 e. The van der Waals surface area contributed by atoms with E-state index in [0.29, 0.717) is 17.8 Å². The number of amides is 1. The summed E-state index contributed by atoms with van der Waals surface area (Å²) in [5.41, 5.74) is 6.52. The highest BCUT2D eigenvalue weighted by Crippen LogP contribution is 2.13. The average Bonchev–Trinajstić information content (AvgIpc) is 2.35. The van der Waals surface area contributed by atoms with Gasteiger partial charge in [-0.2, -0.15) is 0 Å². The number of halogens is 1. The standard InChI is InChI=1S/C12H16N2O3.ClH/c1-3-14(8-11(15)17-2)12(16)9-6-4-5-7-10(9)13;/h4-7H,3,8,13H2,1-2H3;1H. The number of likely N-dealkylation sites (N-methyl/N-ethyl adjacent to an activating group) is 1. The van der Waals surface area contributed by atoms with Crippen molar-refractivity contribution in [2.75, 3.05) is 25.9 Å². The summed E-state index contributed by atoms with van der Waals surface area (Å²) in [6.07, 6.45) is 0. The molecule has 18 heavy (non-hydrogen) atoms. The van der Waals surface area contributed by atoms with E-state index in [1.165, 1.54) is 12.0 Å². The average molecular weight is 273 g/mol. The Morgan fingerprint density at radius 3 is 2.44 bits per heavy atom. The lowest BCUT2D eigenvalue weighted by Crippen LogP contribution is -2.36. The van der Waals surface area contributed by atoms with Gasteiger partial charge < -0.3 is 15.4 Å². The van der Waals surface area contributed by atoms with Crippen molar-refractivity contribution in [1.82, 2.24) is 4.90 Å². The van der Waals surface area contributed by atoms with Gasteiger partial charge in [-0.1, -0.05) is 12.1 Å². The maximum atomic E-state index is 12.1. The molecule has 0 unspecified atom stereocenters. The number of hydrogen-bond donors (Lipinski definition) is 1. The van der Waals surface area contributed by atoms with E-state index in [4.69, 9.17) is 5.73 Å². The van der Waals surface area contributed by atoms with Crippen molar-refractivity contribution < 1.29 is 14.3 Å². The molecule has 0 saturated carbocycles. The molecule has 1 amide bonds. The summed E-state index contributed by atoms with van der Waals surface area (Å²) in [4.78, 5) is 24.6. The number of anilines is 1. The summed E-state index contributed by atoms with van der Waals surface area (Å²) in [5, 5.41) is 0. The SMILES string of the molecule is CCN(CC(=O)OC)C(=O)c1ccccc1N.Cl. The van der Waals surface area contributed by atoms with Gasteiger partial charge in [0.05, 0.1) is 12.7 Å². The minimum absolute atomic E-state index is 0. The van der Waals surface area contributed by atoms with E-state index < -0.39 is 5.97 Å². The van der Waals surface area contributed by atoms with Crippen LogP contribution >= 0.6 is 12.4 Å². The largest absolute Gasteiger partial charge is 0.468 e. The molecular weight excluding hydrogens is 256 g/mol. The highest BCUT2D eigenvalue weighted by molar-refractivity contribution is 6.00. The van der Waals surface area contributed by atoms with E-state index in [9.17, 15) is 9.59 Å². The van der Waals surface area contributed by atoms with Crippen molar-refractivity contribution in [3.05, 3.63) is 29.8 Å². The summed E-state index contributed by atoms with van der Waals surface area (Å²) < 4.78 is 4.53. The predicted octanol–water partition coefficient (Wildman–Crippen LogP) is 1.33. The van der Waals surface area contributed by atoms with Crippen molar-refractivity contribution in [2.45, 2.75) is 6.92 Å². The van der Waals surface area contributed by atoms with Gasteiger partial charge in [0.15, 0.2) is 0 Å².